The van der Waals surface area contributed by atoms with Crippen LogP contribution in [0.15, 0.2) is 60.2 Å². The number of ether oxygens (including phenoxy) is 2. The van der Waals surface area contributed by atoms with E-state index in [2.05, 4.69) is 0 Å². The lowest BCUT2D eigenvalue weighted by Gasteiger charge is -2.04. The Hall–Kier alpha value is -3.31. The van der Waals surface area contributed by atoms with Crippen LogP contribution in [0.4, 0.5) is 0 Å². The quantitative estimate of drug-likeness (QED) is 0.536. The second kappa shape index (κ2) is 10.1. The monoisotopic (exact) mass is 380 g/mol. The maximum Gasteiger partial charge on any atom is 0.179 e. The molecule has 0 atom stereocenters. The Labute approximate surface area is 164 Å². The minimum Gasteiger partial charge on any atom is -0.504 e. The van der Waals surface area contributed by atoms with Crippen LogP contribution in [0, 0.1) is 6.92 Å². The minimum atomic E-state index is -0.274. The van der Waals surface area contributed by atoms with Gasteiger partial charge in [-0.15, -0.1) is 0 Å². The number of aryl methyl sites for hydroxylation is 1. The Morgan fingerprint density at radius 3 is 2.21 bits per heavy atom. The number of hydrogen-bond donors (Lipinski definition) is 2. The molecule has 0 heterocycles. The van der Waals surface area contributed by atoms with Crippen molar-refractivity contribution in [2.75, 3.05) is 20.8 Å². The summed E-state index contributed by atoms with van der Waals surface area (Å²) in [5.41, 5.74) is 3.10. The largest absolute Gasteiger partial charge is 0.504 e. The third-order valence-electron chi connectivity index (χ3n) is 4.08. The van der Waals surface area contributed by atoms with Crippen molar-refractivity contribution in [3.63, 3.8) is 0 Å². The van der Waals surface area contributed by atoms with E-state index in [1.807, 2.05) is 25.1 Å². The molecule has 2 aromatic rings. The van der Waals surface area contributed by atoms with Crippen LogP contribution in [0.5, 0.6) is 17.2 Å². The van der Waals surface area contributed by atoms with Crippen molar-refractivity contribution in [1.29, 1.82) is 0 Å². The topological polar surface area (TPSA) is 76.0 Å². The summed E-state index contributed by atoms with van der Waals surface area (Å²) in [6, 6.07) is 10.6. The molecule has 0 aliphatic carbocycles. The van der Waals surface area contributed by atoms with Crippen molar-refractivity contribution in [3.8, 4) is 17.2 Å². The lowest BCUT2D eigenvalue weighted by Crippen LogP contribution is -1.93. The molecule has 0 aromatic heterocycles. The van der Waals surface area contributed by atoms with E-state index in [1.165, 1.54) is 25.3 Å². The number of rotatable bonds is 8. The van der Waals surface area contributed by atoms with E-state index < -0.39 is 0 Å². The predicted octanol–water partition coefficient (Wildman–Crippen LogP) is 3.93. The Bertz CT molecular complexity index is 923. The fourth-order valence-corrected chi connectivity index (χ4v) is 2.50. The number of hydrogen-bond acceptors (Lipinski definition) is 5. The van der Waals surface area contributed by atoms with Crippen LogP contribution in [-0.2, 0) is 4.79 Å². The van der Waals surface area contributed by atoms with Gasteiger partial charge in [-0.2, -0.15) is 0 Å². The van der Waals surface area contributed by atoms with E-state index in [-0.39, 0.29) is 18.1 Å². The summed E-state index contributed by atoms with van der Waals surface area (Å²) in [7, 11) is 3.07. The molecule has 2 aromatic carbocycles. The number of allylic oxidation sites excluding steroid dienone is 2. The van der Waals surface area contributed by atoms with Crippen molar-refractivity contribution in [1.82, 2.24) is 0 Å². The van der Waals surface area contributed by atoms with Gasteiger partial charge >= 0.3 is 0 Å². The molecule has 5 heteroatoms. The zero-order valence-corrected chi connectivity index (χ0v) is 16.2. The van der Waals surface area contributed by atoms with E-state index in [0.717, 1.165) is 22.4 Å². The highest BCUT2D eigenvalue weighted by molar-refractivity contribution is 6.02. The molecule has 2 N–H and O–H groups in total. The fraction of sp³-hybridized carbons (Fsp3) is 0.174. The second-order valence-corrected chi connectivity index (χ2v) is 6.11. The number of phenolic OH excluding ortho intramolecular Hbond substituents is 1. The van der Waals surface area contributed by atoms with Crippen LogP contribution < -0.4 is 9.47 Å². The normalized spacial score (nSPS) is 11.9. The number of aliphatic hydroxyl groups is 1. The molecular formula is C23H24O5. The first kappa shape index (κ1) is 21.0. The van der Waals surface area contributed by atoms with Crippen molar-refractivity contribution in [3.05, 3.63) is 76.9 Å². The summed E-state index contributed by atoms with van der Waals surface area (Å²) in [6.45, 7) is 1.67. The van der Waals surface area contributed by atoms with Gasteiger partial charge in [-0.25, -0.2) is 0 Å². The summed E-state index contributed by atoms with van der Waals surface area (Å²) in [4.78, 5) is 12.2. The average Bonchev–Trinajstić information content (AvgIpc) is 2.71. The molecule has 0 saturated carbocycles. The third-order valence-corrected chi connectivity index (χ3v) is 4.08. The number of aliphatic hydroxyl groups excluding tert-OH is 1. The number of methoxy groups -OCH3 is 2. The van der Waals surface area contributed by atoms with E-state index in [9.17, 15) is 15.0 Å². The molecule has 0 aliphatic rings. The first-order chi connectivity index (χ1) is 13.5. The van der Waals surface area contributed by atoms with Crippen molar-refractivity contribution in [2.24, 2.45) is 0 Å². The standard InChI is InChI=1S/C23H24O5/c1-16-4-5-17(13-22(16)27-2)8-10-20(25)12-19(15-24)7-6-18-9-11-21(26)23(14-18)28-3/h4-14,24,26H,15H2,1-3H3/b7-6+,10-8+,19-12-. The first-order valence-electron chi connectivity index (χ1n) is 8.70. The molecule has 0 spiro atoms. The maximum absolute atomic E-state index is 12.2. The highest BCUT2D eigenvalue weighted by Gasteiger charge is 2.02. The average molecular weight is 380 g/mol. The lowest BCUT2D eigenvalue weighted by molar-refractivity contribution is -0.110. The molecular weight excluding hydrogens is 356 g/mol. The van der Waals surface area contributed by atoms with Gasteiger partial charge < -0.3 is 19.7 Å². The van der Waals surface area contributed by atoms with Crippen LogP contribution in [0.3, 0.4) is 0 Å². The number of benzene rings is 2. The number of aromatic hydroxyl groups is 1. The summed E-state index contributed by atoms with van der Waals surface area (Å²) in [5.74, 6) is 0.916. The van der Waals surface area contributed by atoms with Crippen LogP contribution >= 0.6 is 0 Å². The molecule has 0 aliphatic heterocycles. The predicted molar refractivity (Wildman–Crippen MR) is 111 cm³/mol. The number of carbonyl (C=O) groups excluding carboxylic acids is 1. The van der Waals surface area contributed by atoms with E-state index in [4.69, 9.17) is 9.47 Å². The van der Waals surface area contributed by atoms with E-state index in [1.54, 1.807) is 37.5 Å². The van der Waals surface area contributed by atoms with Gasteiger partial charge in [0.1, 0.15) is 5.75 Å². The molecule has 2 rings (SSSR count). The molecule has 146 valence electrons. The SMILES string of the molecule is COc1cc(/C=C/C(=O)/C=C(/C=C/c2ccc(O)c(OC)c2)CO)ccc1C. The molecule has 28 heavy (non-hydrogen) atoms. The lowest BCUT2D eigenvalue weighted by atomic mass is 10.1. The summed E-state index contributed by atoms with van der Waals surface area (Å²) in [5, 5.41) is 19.1. The van der Waals surface area contributed by atoms with Gasteiger partial charge in [0, 0.05) is 0 Å². The molecule has 0 amide bonds. The number of ketones is 1. The highest BCUT2D eigenvalue weighted by atomic mass is 16.5. The first-order valence-corrected chi connectivity index (χ1v) is 8.70. The highest BCUT2D eigenvalue weighted by Crippen LogP contribution is 2.27. The Balaban J connectivity index is 2.11. The smallest absolute Gasteiger partial charge is 0.179 e. The second-order valence-electron chi connectivity index (χ2n) is 6.11. The molecule has 0 saturated heterocycles. The molecule has 5 nitrogen and oxygen atoms in total. The van der Waals surface area contributed by atoms with Crippen LogP contribution in [0.25, 0.3) is 12.2 Å². The molecule has 0 bridgehead atoms. The van der Waals surface area contributed by atoms with Gasteiger partial charge in [-0.05, 0) is 59.5 Å². The van der Waals surface area contributed by atoms with Gasteiger partial charge in [0.2, 0.25) is 0 Å². The van der Waals surface area contributed by atoms with Gasteiger partial charge in [-0.3, -0.25) is 4.79 Å². The fourth-order valence-electron chi connectivity index (χ4n) is 2.50. The molecule has 0 fully saturated rings. The van der Waals surface area contributed by atoms with Crippen molar-refractivity contribution < 1.29 is 24.5 Å². The Morgan fingerprint density at radius 1 is 0.964 bits per heavy atom. The maximum atomic E-state index is 12.2. The van der Waals surface area contributed by atoms with Crippen molar-refractivity contribution in [2.45, 2.75) is 6.92 Å². The van der Waals surface area contributed by atoms with Crippen LogP contribution in [0.1, 0.15) is 16.7 Å². The van der Waals surface area contributed by atoms with E-state index >= 15 is 0 Å². The Kier molecular flexibility index (Phi) is 7.60. The summed E-state index contributed by atoms with van der Waals surface area (Å²) >= 11 is 0. The van der Waals surface area contributed by atoms with Crippen molar-refractivity contribution >= 4 is 17.9 Å². The van der Waals surface area contributed by atoms with Crippen LogP contribution in [0.2, 0.25) is 0 Å². The van der Waals surface area contributed by atoms with Crippen LogP contribution in [-0.4, -0.2) is 36.8 Å². The third kappa shape index (κ3) is 5.86. The van der Waals surface area contributed by atoms with Gasteiger partial charge in [0.15, 0.2) is 17.3 Å². The zero-order valence-electron chi connectivity index (χ0n) is 16.2. The summed E-state index contributed by atoms with van der Waals surface area (Å²) in [6.07, 6.45) is 7.88. The summed E-state index contributed by atoms with van der Waals surface area (Å²) < 4.78 is 10.3. The number of phenols is 1. The van der Waals surface area contributed by atoms with Gasteiger partial charge in [0.25, 0.3) is 0 Å². The molecule has 0 radical (unpaired) electrons. The van der Waals surface area contributed by atoms with Gasteiger partial charge in [0.05, 0.1) is 20.8 Å². The molecule has 0 unspecified atom stereocenters. The van der Waals surface area contributed by atoms with Gasteiger partial charge in [-0.1, -0.05) is 36.4 Å². The Morgan fingerprint density at radius 2 is 1.57 bits per heavy atom. The van der Waals surface area contributed by atoms with E-state index in [0.29, 0.717) is 11.3 Å². The minimum absolute atomic E-state index is 0.0469. The number of carbonyl (C=O) groups is 1. The zero-order chi connectivity index (χ0) is 20.5.